The summed E-state index contributed by atoms with van der Waals surface area (Å²) in [6.07, 6.45) is 2.37. The van der Waals surface area contributed by atoms with E-state index < -0.39 is 0 Å². The molecule has 2 heterocycles. The van der Waals surface area contributed by atoms with E-state index in [0.717, 1.165) is 12.0 Å². The Morgan fingerprint density at radius 1 is 1.30 bits per heavy atom. The highest BCUT2D eigenvalue weighted by Gasteiger charge is 2.16. The maximum absolute atomic E-state index is 12.7. The number of carbonyl (C=O) groups is 1. The van der Waals surface area contributed by atoms with E-state index in [4.69, 9.17) is 16.1 Å². The van der Waals surface area contributed by atoms with Gasteiger partial charge < -0.3 is 14.4 Å². The lowest BCUT2D eigenvalue weighted by atomic mass is 10.2. The van der Waals surface area contributed by atoms with E-state index in [0.29, 0.717) is 10.8 Å². The van der Waals surface area contributed by atoms with Crippen molar-refractivity contribution in [3.63, 3.8) is 0 Å². The standard InChI is InChI=1S/C19H19ClN4O3/c1-3-12(2)21-16(25)11-24-10-4-5-15(19(24)26)18-22-17(23-27-18)13-6-8-14(20)9-7-13/h4-10,12H,3,11H2,1-2H3,(H,21,25)/t12-/m0/s1. The van der Waals surface area contributed by atoms with Crippen molar-refractivity contribution in [3.05, 3.63) is 58.0 Å². The normalized spacial score (nSPS) is 12.0. The Labute approximate surface area is 161 Å². The molecule has 0 aliphatic heterocycles. The third-order valence-electron chi connectivity index (χ3n) is 4.11. The van der Waals surface area contributed by atoms with E-state index in [-0.39, 0.29) is 35.5 Å². The zero-order valence-electron chi connectivity index (χ0n) is 15.0. The molecule has 7 nitrogen and oxygen atoms in total. The molecular weight excluding hydrogens is 368 g/mol. The second-order valence-electron chi connectivity index (χ2n) is 6.16. The van der Waals surface area contributed by atoms with Gasteiger partial charge in [-0.1, -0.05) is 23.7 Å². The van der Waals surface area contributed by atoms with Crippen LogP contribution in [0.2, 0.25) is 5.02 Å². The zero-order chi connectivity index (χ0) is 19.4. The fourth-order valence-electron chi connectivity index (χ4n) is 2.45. The van der Waals surface area contributed by atoms with Crippen LogP contribution in [0.5, 0.6) is 0 Å². The molecule has 0 aliphatic carbocycles. The molecule has 8 heteroatoms. The van der Waals surface area contributed by atoms with Crippen molar-refractivity contribution in [2.75, 3.05) is 0 Å². The smallest absolute Gasteiger partial charge is 0.263 e. The van der Waals surface area contributed by atoms with E-state index in [1.807, 2.05) is 13.8 Å². The lowest BCUT2D eigenvalue weighted by Crippen LogP contribution is -2.37. The average molecular weight is 387 g/mol. The lowest BCUT2D eigenvalue weighted by Gasteiger charge is -2.12. The molecule has 1 N–H and O–H groups in total. The largest absolute Gasteiger partial charge is 0.352 e. The van der Waals surface area contributed by atoms with Crippen molar-refractivity contribution in [3.8, 4) is 22.8 Å². The van der Waals surface area contributed by atoms with E-state index in [1.54, 1.807) is 42.6 Å². The number of hydrogen-bond acceptors (Lipinski definition) is 5. The molecule has 1 atom stereocenters. The second kappa shape index (κ2) is 8.18. The SMILES string of the molecule is CC[C@H](C)NC(=O)Cn1cccc(-c2nc(-c3ccc(Cl)cc3)no2)c1=O. The fraction of sp³-hybridized carbons (Fsp3) is 0.263. The third-order valence-corrected chi connectivity index (χ3v) is 4.36. The Balaban J connectivity index is 1.85. The van der Waals surface area contributed by atoms with Gasteiger partial charge in [0.15, 0.2) is 0 Å². The van der Waals surface area contributed by atoms with Gasteiger partial charge in [-0.15, -0.1) is 0 Å². The molecule has 0 spiro atoms. The Morgan fingerprint density at radius 2 is 2.04 bits per heavy atom. The van der Waals surface area contributed by atoms with Crippen molar-refractivity contribution >= 4 is 17.5 Å². The van der Waals surface area contributed by atoms with Crippen LogP contribution in [-0.4, -0.2) is 26.7 Å². The van der Waals surface area contributed by atoms with Crippen LogP contribution in [0, 0.1) is 0 Å². The Hall–Kier alpha value is -2.93. The van der Waals surface area contributed by atoms with Crippen molar-refractivity contribution in [1.29, 1.82) is 0 Å². The molecule has 2 aromatic heterocycles. The number of aromatic nitrogens is 3. The van der Waals surface area contributed by atoms with Gasteiger partial charge in [-0.2, -0.15) is 4.98 Å². The van der Waals surface area contributed by atoms with Crippen LogP contribution in [0.4, 0.5) is 0 Å². The number of rotatable bonds is 6. The van der Waals surface area contributed by atoms with Crippen molar-refractivity contribution in [1.82, 2.24) is 20.0 Å². The number of amides is 1. The number of benzene rings is 1. The molecule has 1 amide bonds. The van der Waals surface area contributed by atoms with Crippen molar-refractivity contribution in [2.45, 2.75) is 32.9 Å². The van der Waals surface area contributed by atoms with Gasteiger partial charge in [-0.25, -0.2) is 0 Å². The number of nitrogens with one attached hydrogen (secondary N) is 1. The summed E-state index contributed by atoms with van der Waals surface area (Å²) in [4.78, 5) is 29.0. The summed E-state index contributed by atoms with van der Waals surface area (Å²) in [6.45, 7) is 3.81. The van der Waals surface area contributed by atoms with Gasteiger partial charge in [0.25, 0.3) is 11.4 Å². The molecule has 0 aliphatic rings. The number of carbonyl (C=O) groups excluding carboxylic acids is 1. The molecule has 27 heavy (non-hydrogen) atoms. The lowest BCUT2D eigenvalue weighted by molar-refractivity contribution is -0.122. The van der Waals surface area contributed by atoms with E-state index in [2.05, 4.69) is 15.5 Å². The Morgan fingerprint density at radius 3 is 2.74 bits per heavy atom. The van der Waals surface area contributed by atoms with Crippen LogP contribution >= 0.6 is 11.6 Å². The summed E-state index contributed by atoms with van der Waals surface area (Å²) in [5.74, 6) is 0.226. The summed E-state index contributed by atoms with van der Waals surface area (Å²) in [5, 5.41) is 7.35. The van der Waals surface area contributed by atoms with Crippen LogP contribution in [-0.2, 0) is 11.3 Å². The second-order valence-corrected chi connectivity index (χ2v) is 6.60. The van der Waals surface area contributed by atoms with Gasteiger partial charge in [-0.3, -0.25) is 9.59 Å². The summed E-state index contributed by atoms with van der Waals surface area (Å²) in [5.41, 5.74) is 0.586. The molecule has 0 saturated heterocycles. The van der Waals surface area contributed by atoms with E-state index in [9.17, 15) is 9.59 Å². The van der Waals surface area contributed by atoms with Crippen LogP contribution in [0.1, 0.15) is 20.3 Å². The van der Waals surface area contributed by atoms with E-state index in [1.165, 1.54) is 4.57 Å². The first kappa shape index (κ1) is 18.8. The molecule has 0 radical (unpaired) electrons. The first-order chi connectivity index (χ1) is 13.0. The number of halogens is 1. The van der Waals surface area contributed by atoms with Crippen LogP contribution in [0.3, 0.4) is 0 Å². The van der Waals surface area contributed by atoms with Gasteiger partial charge in [0.1, 0.15) is 12.1 Å². The minimum Gasteiger partial charge on any atom is -0.352 e. The molecule has 3 rings (SSSR count). The minimum atomic E-state index is -0.372. The monoisotopic (exact) mass is 386 g/mol. The topological polar surface area (TPSA) is 90.0 Å². The highest BCUT2D eigenvalue weighted by molar-refractivity contribution is 6.30. The number of hydrogen-bond donors (Lipinski definition) is 1. The van der Waals surface area contributed by atoms with Crippen molar-refractivity contribution in [2.24, 2.45) is 0 Å². The summed E-state index contributed by atoms with van der Waals surface area (Å²) >= 11 is 5.88. The highest BCUT2D eigenvalue weighted by Crippen LogP contribution is 2.21. The first-order valence-electron chi connectivity index (χ1n) is 8.56. The van der Waals surface area contributed by atoms with E-state index >= 15 is 0 Å². The van der Waals surface area contributed by atoms with Gasteiger partial charge in [-0.05, 0) is 49.7 Å². The maximum Gasteiger partial charge on any atom is 0.263 e. The van der Waals surface area contributed by atoms with Gasteiger partial charge in [0.2, 0.25) is 11.7 Å². The molecule has 3 aromatic rings. The minimum absolute atomic E-state index is 0.0502. The molecule has 1 aromatic carbocycles. The van der Waals surface area contributed by atoms with Crippen LogP contribution < -0.4 is 10.9 Å². The van der Waals surface area contributed by atoms with Crippen molar-refractivity contribution < 1.29 is 9.32 Å². The molecule has 140 valence electrons. The molecular formula is C19H19ClN4O3. The number of pyridine rings is 1. The van der Waals surface area contributed by atoms with Gasteiger partial charge >= 0.3 is 0 Å². The molecule has 0 bridgehead atoms. The average Bonchev–Trinajstić information content (AvgIpc) is 3.13. The number of nitrogens with zero attached hydrogens (tertiary/aromatic N) is 3. The predicted molar refractivity (Wildman–Crippen MR) is 102 cm³/mol. The predicted octanol–water partition coefficient (Wildman–Crippen LogP) is 3.13. The fourth-order valence-corrected chi connectivity index (χ4v) is 2.58. The van der Waals surface area contributed by atoms with Gasteiger partial charge in [0, 0.05) is 22.8 Å². The first-order valence-corrected chi connectivity index (χ1v) is 8.94. The molecule has 0 unspecified atom stereocenters. The van der Waals surface area contributed by atoms with Gasteiger partial charge in [0.05, 0.1) is 0 Å². The summed E-state index contributed by atoms with van der Waals surface area (Å²) in [7, 11) is 0. The quantitative estimate of drug-likeness (QED) is 0.702. The maximum atomic E-state index is 12.7. The zero-order valence-corrected chi connectivity index (χ0v) is 15.7. The van der Waals surface area contributed by atoms with Crippen LogP contribution in [0.25, 0.3) is 22.8 Å². The Bertz CT molecular complexity index is 995. The van der Waals surface area contributed by atoms with Crippen LogP contribution in [0.15, 0.2) is 51.9 Å². The third kappa shape index (κ3) is 4.43. The summed E-state index contributed by atoms with van der Waals surface area (Å²) in [6, 6.07) is 10.3. The molecule has 0 fully saturated rings. The molecule has 0 saturated carbocycles. The Kier molecular flexibility index (Phi) is 5.71. The summed E-state index contributed by atoms with van der Waals surface area (Å²) < 4.78 is 6.57. The highest BCUT2D eigenvalue weighted by atomic mass is 35.5.